The predicted molar refractivity (Wildman–Crippen MR) is 74.7 cm³/mol. The first-order valence-corrected chi connectivity index (χ1v) is 6.84. The van der Waals surface area contributed by atoms with Crippen LogP contribution in [0.1, 0.15) is 24.9 Å². The molecule has 7 heteroatoms. The molecule has 0 bridgehead atoms. The number of hydrogen-bond acceptors (Lipinski definition) is 4. The number of ether oxygens (including phenoxy) is 1. The van der Waals surface area contributed by atoms with Gasteiger partial charge in [-0.05, 0) is 24.6 Å². The van der Waals surface area contributed by atoms with Crippen LogP contribution in [0.4, 0.5) is 4.79 Å². The Hall–Kier alpha value is -2.15. The zero-order chi connectivity index (χ0) is 15.2. The highest BCUT2D eigenvalue weighted by molar-refractivity contribution is 5.76. The van der Waals surface area contributed by atoms with E-state index in [1.54, 1.807) is 12.4 Å². The van der Waals surface area contributed by atoms with Gasteiger partial charge in [0.15, 0.2) is 0 Å². The average molecular weight is 293 g/mol. The largest absolute Gasteiger partial charge is 0.481 e. The zero-order valence-corrected chi connectivity index (χ0v) is 11.9. The number of rotatable bonds is 4. The lowest BCUT2D eigenvalue weighted by Gasteiger charge is -2.35. The lowest BCUT2D eigenvalue weighted by atomic mass is 10.1. The van der Waals surface area contributed by atoms with Crippen LogP contribution in [0.25, 0.3) is 0 Å². The van der Waals surface area contributed by atoms with Gasteiger partial charge in [-0.1, -0.05) is 0 Å². The van der Waals surface area contributed by atoms with Crippen molar-refractivity contribution in [2.45, 2.75) is 25.4 Å². The first-order chi connectivity index (χ1) is 10.1. The summed E-state index contributed by atoms with van der Waals surface area (Å²) in [6.07, 6.45) is 3.22. The van der Waals surface area contributed by atoms with Crippen LogP contribution in [-0.2, 0) is 9.53 Å². The molecule has 0 spiro atoms. The zero-order valence-electron chi connectivity index (χ0n) is 11.9. The number of nitrogens with one attached hydrogen (secondary N) is 1. The SMILES string of the molecule is CC(NC(=O)N1CCOCC1CC(=O)O)c1ccncc1. The van der Waals surface area contributed by atoms with E-state index >= 15 is 0 Å². The van der Waals surface area contributed by atoms with Crippen molar-refractivity contribution >= 4 is 12.0 Å². The summed E-state index contributed by atoms with van der Waals surface area (Å²) >= 11 is 0. The third kappa shape index (κ3) is 4.16. The van der Waals surface area contributed by atoms with Crippen molar-refractivity contribution < 1.29 is 19.4 Å². The molecule has 2 amide bonds. The number of amides is 2. The Morgan fingerprint density at radius 3 is 2.90 bits per heavy atom. The topological polar surface area (TPSA) is 91.8 Å². The van der Waals surface area contributed by atoms with Crippen LogP contribution in [-0.4, -0.2) is 52.8 Å². The van der Waals surface area contributed by atoms with Gasteiger partial charge in [0, 0.05) is 18.9 Å². The highest BCUT2D eigenvalue weighted by Crippen LogP contribution is 2.14. The number of urea groups is 1. The smallest absolute Gasteiger partial charge is 0.318 e. The second-order valence-electron chi connectivity index (χ2n) is 4.97. The minimum Gasteiger partial charge on any atom is -0.481 e. The number of morpholine rings is 1. The fourth-order valence-corrected chi connectivity index (χ4v) is 2.30. The molecule has 0 aliphatic carbocycles. The van der Waals surface area contributed by atoms with Crippen molar-refractivity contribution in [1.82, 2.24) is 15.2 Å². The molecular formula is C14H19N3O4. The van der Waals surface area contributed by atoms with E-state index in [9.17, 15) is 9.59 Å². The molecule has 21 heavy (non-hydrogen) atoms. The Morgan fingerprint density at radius 1 is 1.52 bits per heavy atom. The number of hydrogen-bond donors (Lipinski definition) is 2. The van der Waals surface area contributed by atoms with Crippen molar-refractivity contribution in [3.8, 4) is 0 Å². The second kappa shape index (κ2) is 7.03. The van der Waals surface area contributed by atoms with E-state index in [4.69, 9.17) is 9.84 Å². The van der Waals surface area contributed by atoms with Crippen LogP contribution >= 0.6 is 0 Å². The minimum absolute atomic E-state index is 0.114. The van der Waals surface area contributed by atoms with Crippen LogP contribution in [0.15, 0.2) is 24.5 Å². The fourth-order valence-electron chi connectivity index (χ4n) is 2.30. The van der Waals surface area contributed by atoms with Gasteiger partial charge in [-0.15, -0.1) is 0 Å². The Bertz CT molecular complexity index is 494. The lowest BCUT2D eigenvalue weighted by molar-refractivity contribution is -0.139. The molecule has 0 aromatic carbocycles. The molecule has 2 rings (SSSR count). The van der Waals surface area contributed by atoms with Crippen molar-refractivity contribution in [1.29, 1.82) is 0 Å². The van der Waals surface area contributed by atoms with Crippen molar-refractivity contribution in [3.63, 3.8) is 0 Å². The van der Waals surface area contributed by atoms with Crippen LogP contribution < -0.4 is 5.32 Å². The molecule has 0 saturated carbocycles. The number of aromatic nitrogens is 1. The van der Waals surface area contributed by atoms with E-state index in [-0.39, 0.29) is 25.1 Å². The van der Waals surface area contributed by atoms with Gasteiger partial charge in [0.25, 0.3) is 0 Å². The second-order valence-corrected chi connectivity index (χ2v) is 4.97. The fraction of sp³-hybridized carbons (Fsp3) is 0.500. The lowest BCUT2D eigenvalue weighted by Crippen LogP contribution is -2.53. The highest BCUT2D eigenvalue weighted by atomic mass is 16.5. The highest BCUT2D eigenvalue weighted by Gasteiger charge is 2.29. The molecule has 0 radical (unpaired) electrons. The van der Waals surface area contributed by atoms with E-state index in [1.807, 2.05) is 19.1 Å². The average Bonchev–Trinajstić information content (AvgIpc) is 2.48. The van der Waals surface area contributed by atoms with E-state index in [2.05, 4.69) is 10.3 Å². The third-order valence-electron chi connectivity index (χ3n) is 3.44. The van der Waals surface area contributed by atoms with E-state index in [0.717, 1.165) is 5.56 Å². The van der Waals surface area contributed by atoms with Gasteiger partial charge >= 0.3 is 12.0 Å². The van der Waals surface area contributed by atoms with Gasteiger partial charge < -0.3 is 20.1 Å². The van der Waals surface area contributed by atoms with Crippen LogP contribution in [0.3, 0.4) is 0 Å². The van der Waals surface area contributed by atoms with Gasteiger partial charge in [-0.3, -0.25) is 9.78 Å². The molecule has 1 aliphatic rings. The number of carbonyl (C=O) groups excluding carboxylic acids is 1. The summed E-state index contributed by atoms with van der Waals surface area (Å²) in [7, 11) is 0. The summed E-state index contributed by atoms with van der Waals surface area (Å²) < 4.78 is 5.26. The summed E-state index contributed by atoms with van der Waals surface area (Å²) in [5, 5.41) is 11.8. The van der Waals surface area contributed by atoms with Crippen LogP contribution in [0.2, 0.25) is 0 Å². The monoisotopic (exact) mass is 293 g/mol. The van der Waals surface area contributed by atoms with Crippen LogP contribution in [0.5, 0.6) is 0 Å². The quantitative estimate of drug-likeness (QED) is 0.865. The number of nitrogens with zero attached hydrogens (tertiary/aromatic N) is 2. The van der Waals surface area contributed by atoms with E-state index < -0.39 is 12.0 Å². The third-order valence-corrected chi connectivity index (χ3v) is 3.44. The number of carboxylic acid groups (broad SMARTS) is 1. The summed E-state index contributed by atoms with van der Waals surface area (Å²) in [6.45, 7) is 2.95. The molecule has 114 valence electrons. The molecule has 2 N–H and O–H groups in total. The Morgan fingerprint density at radius 2 is 2.24 bits per heavy atom. The molecule has 1 aromatic heterocycles. The minimum atomic E-state index is -0.939. The maximum Gasteiger partial charge on any atom is 0.318 e. The molecule has 2 atom stereocenters. The van der Waals surface area contributed by atoms with Gasteiger partial charge in [-0.25, -0.2) is 4.79 Å². The standard InChI is InChI=1S/C14H19N3O4/c1-10(11-2-4-15-5-3-11)16-14(20)17-6-7-21-9-12(17)8-13(18)19/h2-5,10,12H,6-9H2,1H3,(H,16,20)(H,18,19). The van der Waals surface area contributed by atoms with Gasteiger partial charge in [0.05, 0.1) is 31.7 Å². The Balaban J connectivity index is 1.98. The molecule has 7 nitrogen and oxygen atoms in total. The molecule has 1 fully saturated rings. The molecule has 1 saturated heterocycles. The molecule has 1 aromatic rings. The van der Waals surface area contributed by atoms with Gasteiger partial charge in [-0.2, -0.15) is 0 Å². The summed E-state index contributed by atoms with van der Waals surface area (Å²) in [5.74, 6) is -0.939. The molecule has 2 unspecified atom stereocenters. The number of carbonyl (C=O) groups is 2. The number of pyridine rings is 1. The van der Waals surface area contributed by atoms with E-state index in [0.29, 0.717) is 13.2 Å². The number of carboxylic acids is 1. The Labute approximate surface area is 122 Å². The van der Waals surface area contributed by atoms with E-state index in [1.165, 1.54) is 4.90 Å². The predicted octanol–water partition coefficient (Wildman–Crippen LogP) is 1.03. The first kappa shape index (κ1) is 15.2. The van der Waals surface area contributed by atoms with Crippen LogP contribution in [0, 0.1) is 0 Å². The first-order valence-electron chi connectivity index (χ1n) is 6.84. The molecule has 2 heterocycles. The van der Waals surface area contributed by atoms with Crippen molar-refractivity contribution in [2.24, 2.45) is 0 Å². The van der Waals surface area contributed by atoms with Gasteiger partial charge in [0.1, 0.15) is 0 Å². The maximum absolute atomic E-state index is 12.3. The summed E-state index contributed by atoms with van der Waals surface area (Å²) in [5.41, 5.74) is 0.946. The van der Waals surface area contributed by atoms with Crippen molar-refractivity contribution in [2.75, 3.05) is 19.8 Å². The number of aliphatic carboxylic acids is 1. The summed E-state index contributed by atoms with van der Waals surface area (Å²) in [4.78, 5) is 28.7. The Kier molecular flexibility index (Phi) is 5.10. The molecular weight excluding hydrogens is 274 g/mol. The van der Waals surface area contributed by atoms with Crippen molar-refractivity contribution in [3.05, 3.63) is 30.1 Å². The molecule has 1 aliphatic heterocycles. The summed E-state index contributed by atoms with van der Waals surface area (Å²) in [6, 6.07) is 2.79. The maximum atomic E-state index is 12.3. The normalized spacial score (nSPS) is 19.9. The van der Waals surface area contributed by atoms with Gasteiger partial charge in [0.2, 0.25) is 0 Å².